The van der Waals surface area contributed by atoms with Gasteiger partial charge in [-0.25, -0.2) is 0 Å². The average Bonchev–Trinajstić information content (AvgIpc) is 3.10. The molecule has 4 rings (SSSR count). The van der Waals surface area contributed by atoms with Crippen molar-refractivity contribution in [3.05, 3.63) is 117 Å². The molecule has 3 aromatic rings. The zero-order valence-electron chi connectivity index (χ0n) is 19.2. The predicted molar refractivity (Wildman–Crippen MR) is 133 cm³/mol. The fourth-order valence-corrected chi connectivity index (χ4v) is 3.79. The lowest BCUT2D eigenvalue weighted by molar-refractivity contribution is -0.384. The molecule has 0 saturated heterocycles. The average molecular weight is 439 g/mol. The number of non-ortho nitro benzene ring substituents is 1. The van der Waals surface area contributed by atoms with Crippen LogP contribution in [0.2, 0.25) is 0 Å². The van der Waals surface area contributed by atoms with E-state index in [0.717, 1.165) is 28.1 Å². The molecule has 33 heavy (non-hydrogen) atoms. The van der Waals surface area contributed by atoms with Gasteiger partial charge in [-0.15, -0.1) is 0 Å². The second-order valence-electron chi connectivity index (χ2n) is 9.28. The van der Waals surface area contributed by atoms with Gasteiger partial charge in [-0.3, -0.25) is 19.8 Å². The first-order valence-electron chi connectivity index (χ1n) is 10.8. The Morgan fingerprint density at radius 2 is 1.48 bits per heavy atom. The van der Waals surface area contributed by atoms with Crippen molar-refractivity contribution in [2.45, 2.75) is 33.1 Å². The molecular weight excluding hydrogens is 412 g/mol. The van der Waals surface area contributed by atoms with Crippen LogP contribution in [0, 0.1) is 17.0 Å². The number of carbonyl (C=O) groups is 1. The van der Waals surface area contributed by atoms with Crippen LogP contribution in [0.5, 0.6) is 0 Å². The Labute approximate surface area is 193 Å². The summed E-state index contributed by atoms with van der Waals surface area (Å²) >= 11 is 0. The molecule has 1 aliphatic heterocycles. The number of hydrogen-bond donors (Lipinski definition) is 0. The highest BCUT2D eigenvalue weighted by Gasteiger charge is 2.30. The molecule has 3 aromatic carbocycles. The monoisotopic (exact) mass is 438 g/mol. The zero-order chi connectivity index (χ0) is 23.8. The van der Waals surface area contributed by atoms with Crippen molar-refractivity contribution in [1.29, 1.82) is 0 Å². The summed E-state index contributed by atoms with van der Waals surface area (Å²) in [6.07, 6.45) is 3.65. The van der Waals surface area contributed by atoms with Crippen LogP contribution in [0.3, 0.4) is 0 Å². The Balaban J connectivity index is 1.76. The highest BCUT2D eigenvalue weighted by molar-refractivity contribution is 6.23. The van der Waals surface area contributed by atoms with Gasteiger partial charge in [0.2, 0.25) is 0 Å². The molecule has 0 aliphatic carbocycles. The van der Waals surface area contributed by atoms with Crippen molar-refractivity contribution in [2.24, 2.45) is 0 Å². The van der Waals surface area contributed by atoms with E-state index in [0.29, 0.717) is 5.57 Å². The molecule has 0 atom stereocenters. The maximum absolute atomic E-state index is 13.5. The molecule has 0 bridgehead atoms. The van der Waals surface area contributed by atoms with Crippen LogP contribution in [0.25, 0.3) is 11.8 Å². The van der Waals surface area contributed by atoms with Gasteiger partial charge in [0.15, 0.2) is 0 Å². The summed E-state index contributed by atoms with van der Waals surface area (Å²) in [4.78, 5) is 25.7. The van der Waals surface area contributed by atoms with Gasteiger partial charge in [0.05, 0.1) is 10.6 Å². The summed E-state index contributed by atoms with van der Waals surface area (Å²) < 4.78 is 0. The van der Waals surface area contributed by atoms with Gasteiger partial charge in [0.1, 0.15) is 0 Å². The normalized spacial score (nSPS) is 15.2. The summed E-state index contributed by atoms with van der Waals surface area (Å²) in [5, 5.41) is 10.9. The minimum absolute atomic E-state index is 0.0180. The first kappa shape index (κ1) is 22.2. The van der Waals surface area contributed by atoms with E-state index in [2.05, 4.69) is 32.9 Å². The Morgan fingerprint density at radius 1 is 0.879 bits per heavy atom. The van der Waals surface area contributed by atoms with Crippen LogP contribution in [0.1, 0.15) is 43.0 Å². The number of nitro groups is 1. The predicted octanol–water partition coefficient (Wildman–Crippen LogP) is 6.67. The van der Waals surface area contributed by atoms with Crippen LogP contribution in [0.15, 0.2) is 84.4 Å². The molecule has 166 valence electrons. The molecule has 5 heteroatoms. The Morgan fingerprint density at radius 3 is 2.03 bits per heavy atom. The van der Waals surface area contributed by atoms with Gasteiger partial charge in [0, 0.05) is 23.4 Å². The number of carbonyl (C=O) groups excluding carboxylic acids is 1. The lowest BCUT2D eigenvalue weighted by Gasteiger charge is -2.23. The molecule has 0 N–H and O–H groups in total. The number of amides is 1. The fourth-order valence-electron chi connectivity index (χ4n) is 3.79. The second kappa shape index (κ2) is 8.51. The molecule has 0 radical (unpaired) electrons. The molecule has 1 aliphatic rings. The quantitative estimate of drug-likeness (QED) is 0.259. The SMILES string of the molecule is Cc1ccc(C2=C/C(=C\c3ccc([N+](=O)[O-])cc3)C(=O)N2c2ccc(C(C)(C)C)cc2)cc1. The third-order valence-electron chi connectivity index (χ3n) is 5.75. The topological polar surface area (TPSA) is 63.5 Å². The molecule has 0 spiro atoms. The standard InChI is InChI=1S/C28H26N2O3/c1-19-5-9-21(10-6-19)26-18-22(17-20-7-13-25(14-8-20)30(32)33)27(31)29(26)24-15-11-23(12-16-24)28(2,3)4/h5-18H,1-4H3/b22-17+. The van der Waals surface area contributed by atoms with Crippen LogP contribution in [0.4, 0.5) is 11.4 Å². The van der Waals surface area contributed by atoms with Crippen molar-refractivity contribution >= 4 is 29.1 Å². The van der Waals surface area contributed by atoms with E-state index < -0.39 is 4.92 Å². The largest absolute Gasteiger partial charge is 0.276 e. The van der Waals surface area contributed by atoms with Crippen molar-refractivity contribution in [3.8, 4) is 0 Å². The Bertz CT molecular complexity index is 1260. The second-order valence-corrected chi connectivity index (χ2v) is 9.28. The number of nitrogens with zero attached hydrogens (tertiary/aromatic N) is 2. The minimum Gasteiger partial charge on any atom is -0.276 e. The molecule has 5 nitrogen and oxygen atoms in total. The number of benzene rings is 3. The zero-order valence-corrected chi connectivity index (χ0v) is 19.2. The van der Waals surface area contributed by atoms with Crippen molar-refractivity contribution in [1.82, 2.24) is 0 Å². The van der Waals surface area contributed by atoms with E-state index in [1.54, 1.807) is 23.1 Å². The summed E-state index contributed by atoms with van der Waals surface area (Å²) in [7, 11) is 0. The van der Waals surface area contributed by atoms with E-state index in [9.17, 15) is 14.9 Å². The molecule has 0 unspecified atom stereocenters. The Hall–Kier alpha value is -3.99. The van der Waals surface area contributed by atoms with Gasteiger partial charge in [-0.1, -0.05) is 62.7 Å². The summed E-state index contributed by atoms with van der Waals surface area (Å²) in [6, 6.07) is 22.4. The maximum atomic E-state index is 13.5. The van der Waals surface area contributed by atoms with E-state index in [4.69, 9.17) is 0 Å². The number of aryl methyl sites for hydroxylation is 1. The molecule has 1 heterocycles. The van der Waals surface area contributed by atoms with Gasteiger partial charge in [0.25, 0.3) is 11.6 Å². The highest BCUT2D eigenvalue weighted by Crippen LogP contribution is 2.36. The molecule has 0 saturated carbocycles. The van der Waals surface area contributed by atoms with Crippen LogP contribution >= 0.6 is 0 Å². The van der Waals surface area contributed by atoms with Crippen molar-refractivity contribution < 1.29 is 9.72 Å². The van der Waals surface area contributed by atoms with E-state index in [-0.39, 0.29) is 17.0 Å². The number of nitro benzene ring substituents is 1. The first-order chi connectivity index (χ1) is 15.6. The molecule has 0 aromatic heterocycles. The lowest BCUT2D eigenvalue weighted by atomic mass is 9.87. The lowest BCUT2D eigenvalue weighted by Crippen LogP contribution is -2.25. The number of anilines is 1. The Kier molecular flexibility index (Phi) is 5.73. The molecular formula is C28H26N2O3. The van der Waals surface area contributed by atoms with E-state index >= 15 is 0 Å². The van der Waals surface area contributed by atoms with Crippen molar-refractivity contribution in [3.63, 3.8) is 0 Å². The fraction of sp³-hybridized carbons (Fsp3) is 0.179. The van der Waals surface area contributed by atoms with Gasteiger partial charge < -0.3 is 0 Å². The van der Waals surface area contributed by atoms with Gasteiger partial charge in [-0.05, 0) is 65.4 Å². The van der Waals surface area contributed by atoms with E-state index in [1.807, 2.05) is 49.4 Å². The third kappa shape index (κ3) is 4.62. The van der Waals surface area contributed by atoms with Crippen LogP contribution < -0.4 is 4.90 Å². The smallest absolute Gasteiger partial charge is 0.269 e. The third-order valence-corrected chi connectivity index (χ3v) is 5.75. The summed E-state index contributed by atoms with van der Waals surface area (Å²) in [6.45, 7) is 8.50. The van der Waals surface area contributed by atoms with Gasteiger partial charge in [-0.2, -0.15) is 0 Å². The summed E-state index contributed by atoms with van der Waals surface area (Å²) in [5.41, 5.74) is 6.18. The molecule has 0 fully saturated rings. The van der Waals surface area contributed by atoms with Crippen LogP contribution in [-0.4, -0.2) is 10.8 Å². The minimum atomic E-state index is -0.434. The summed E-state index contributed by atoms with van der Waals surface area (Å²) in [5.74, 6) is -0.132. The first-order valence-corrected chi connectivity index (χ1v) is 10.8. The molecule has 1 amide bonds. The highest BCUT2D eigenvalue weighted by atomic mass is 16.6. The number of hydrogen-bond acceptors (Lipinski definition) is 3. The van der Waals surface area contributed by atoms with Crippen molar-refractivity contribution in [2.75, 3.05) is 4.90 Å². The van der Waals surface area contributed by atoms with E-state index in [1.165, 1.54) is 17.7 Å². The van der Waals surface area contributed by atoms with Gasteiger partial charge >= 0.3 is 0 Å². The van der Waals surface area contributed by atoms with Crippen LogP contribution in [-0.2, 0) is 10.2 Å². The number of rotatable bonds is 4. The maximum Gasteiger partial charge on any atom is 0.269 e.